The Morgan fingerprint density at radius 2 is 2.17 bits per heavy atom. The maximum Gasteiger partial charge on any atom is 0.276 e. The molecule has 2 amide bonds. The predicted octanol–water partition coefficient (Wildman–Crippen LogP) is 3.22. The van der Waals surface area contributed by atoms with Gasteiger partial charge >= 0.3 is 0 Å². The summed E-state index contributed by atoms with van der Waals surface area (Å²) in [6.07, 6.45) is 3.75. The summed E-state index contributed by atoms with van der Waals surface area (Å²) in [7, 11) is 1.48. The van der Waals surface area contributed by atoms with Gasteiger partial charge in [-0.3, -0.25) is 9.59 Å². The third kappa shape index (κ3) is 5.09. The first kappa shape index (κ1) is 21.6. The van der Waals surface area contributed by atoms with Crippen LogP contribution in [0.5, 0.6) is 0 Å². The summed E-state index contributed by atoms with van der Waals surface area (Å²) >= 11 is 7.29. The molecule has 0 radical (unpaired) electrons. The molecule has 1 unspecified atom stereocenters. The number of ether oxygens (including phenoxy) is 1. The fourth-order valence-electron chi connectivity index (χ4n) is 3.49. The minimum atomic E-state index is -1.26. The monoisotopic (exact) mass is 440 g/mol. The Hall–Kier alpha value is -2.10. The number of methoxy groups -OCH3 is 1. The summed E-state index contributed by atoms with van der Waals surface area (Å²) < 4.78 is 23.6. The van der Waals surface area contributed by atoms with Crippen LogP contribution in [0.2, 0.25) is 5.02 Å². The maximum atomic E-state index is 14.8. The van der Waals surface area contributed by atoms with Gasteiger partial charge in [-0.05, 0) is 36.5 Å². The molecule has 2 aromatic rings. The average Bonchev–Trinajstić information content (AvgIpc) is 3.40. The van der Waals surface area contributed by atoms with Crippen molar-refractivity contribution in [1.29, 1.82) is 0 Å². The van der Waals surface area contributed by atoms with Crippen LogP contribution in [-0.4, -0.2) is 52.6 Å². The zero-order valence-corrected chi connectivity index (χ0v) is 17.5. The first-order valence-electron chi connectivity index (χ1n) is 9.34. The predicted molar refractivity (Wildman–Crippen MR) is 107 cm³/mol. The molecule has 0 spiro atoms. The molecule has 1 N–H and O–H groups in total. The van der Waals surface area contributed by atoms with Crippen LogP contribution in [-0.2, 0) is 9.53 Å². The van der Waals surface area contributed by atoms with E-state index >= 15 is 0 Å². The fourth-order valence-corrected chi connectivity index (χ4v) is 4.19. The number of halogens is 2. The fraction of sp³-hybridized carbons (Fsp3) is 0.474. The molecule has 1 atom stereocenters. The van der Waals surface area contributed by atoms with Crippen molar-refractivity contribution in [2.24, 2.45) is 0 Å². The van der Waals surface area contributed by atoms with E-state index in [0.717, 1.165) is 37.2 Å². The molecule has 7 nitrogen and oxygen atoms in total. The topological polar surface area (TPSA) is 84.4 Å². The number of nitrogens with zero attached hydrogens (tertiary/aromatic N) is 3. The van der Waals surface area contributed by atoms with Crippen LogP contribution in [0.1, 0.15) is 47.8 Å². The Balaban J connectivity index is 2.02. The van der Waals surface area contributed by atoms with Crippen LogP contribution in [0.3, 0.4) is 0 Å². The Morgan fingerprint density at radius 1 is 1.41 bits per heavy atom. The van der Waals surface area contributed by atoms with Gasteiger partial charge in [0.15, 0.2) is 5.69 Å². The number of hydrogen-bond donors (Lipinski definition) is 1. The number of benzene rings is 1. The van der Waals surface area contributed by atoms with Gasteiger partial charge in [-0.25, -0.2) is 4.39 Å². The second-order valence-electron chi connectivity index (χ2n) is 6.81. The highest BCUT2D eigenvalue weighted by Gasteiger charge is 2.37. The van der Waals surface area contributed by atoms with Gasteiger partial charge in [0.1, 0.15) is 11.9 Å². The highest BCUT2D eigenvalue weighted by atomic mass is 35.5. The van der Waals surface area contributed by atoms with E-state index in [4.69, 9.17) is 16.3 Å². The van der Waals surface area contributed by atoms with E-state index in [-0.39, 0.29) is 35.5 Å². The van der Waals surface area contributed by atoms with Crippen molar-refractivity contribution < 1.29 is 18.7 Å². The minimum absolute atomic E-state index is 0.00383. The number of nitrogens with one attached hydrogen (secondary N) is 1. The molecule has 1 aliphatic rings. The van der Waals surface area contributed by atoms with Gasteiger partial charge in [0, 0.05) is 35.7 Å². The van der Waals surface area contributed by atoms with Gasteiger partial charge in [-0.15, -0.1) is 5.10 Å². The summed E-state index contributed by atoms with van der Waals surface area (Å²) in [5, 5.41) is 8.32. The molecule has 29 heavy (non-hydrogen) atoms. The van der Waals surface area contributed by atoms with Crippen LogP contribution in [0.25, 0.3) is 0 Å². The SMILES string of the molecule is COCCN(C(=O)c1csnn1)C(C(=O)NC1CCCC1)c1c(F)cccc1Cl. The second kappa shape index (κ2) is 10.1. The summed E-state index contributed by atoms with van der Waals surface area (Å²) in [6, 6.07) is 2.92. The molecule has 1 fully saturated rings. The zero-order valence-electron chi connectivity index (χ0n) is 15.9. The van der Waals surface area contributed by atoms with Gasteiger partial charge in [-0.1, -0.05) is 35.0 Å². The molecule has 1 aromatic heterocycles. The maximum absolute atomic E-state index is 14.8. The summed E-state index contributed by atoms with van der Waals surface area (Å²) in [5.41, 5.74) is 0.0366. The van der Waals surface area contributed by atoms with Crippen LogP contribution < -0.4 is 5.32 Å². The average molecular weight is 441 g/mol. The van der Waals surface area contributed by atoms with E-state index in [1.807, 2.05) is 0 Å². The number of amides is 2. The molecule has 0 bridgehead atoms. The standard InChI is InChI=1S/C19H22ClFN4O3S/c1-28-10-9-25(19(27)15-11-29-24-23-15)17(16-13(20)7-4-8-14(16)21)18(26)22-12-5-2-3-6-12/h4,7-8,11-12,17H,2-3,5-6,9-10H2,1H3,(H,22,26). The number of hydrogen-bond acceptors (Lipinski definition) is 6. The van der Waals surface area contributed by atoms with Crippen LogP contribution >= 0.6 is 23.1 Å². The summed E-state index contributed by atoms with van der Waals surface area (Å²) in [6.45, 7) is 0.211. The molecule has 1 saturated carbocycles. The highest BCUT2D eigenvalue weighted by Crippen LogP contribution is 2.32. The lowest BCUT2D eigenvalue weighted by Crippen LogP contribution is -2.47. The molecule has 156 valence electrons. The molecule has 1 heterocycles. The van der Waals surface area contributed by atoms with Gasteiger partial charge in [0.25, 0.3) is 5.91 Å². The van der Waals surface area contributed by atoms with Gasteiger partial charge < -0.3 is 15.0 Å². The Kier molecular flexibility index (Phi) is 7.51. The lowest BCUT2D eigenvalue weighted by Gasteiger charge is -2.32. The van der Waals surface area contributed by atoms with Crippen molar-refractivity contribution in [3.63, 3.8) is 0 Å². The Bertz CT molecular complexity index is 826. The molecule has 0 saturated heterocycles. The van der Waals surface area contributed by atoms with E-state index in [1.54, 1.807) is 0 Å². The van der Waals surface area contributed by atoms with E-state index in [2.05, 4.69) is 14.9 Å². The third-order valence-electron chi connectivity index (χ3n) is 4.91. The molecule has 1 aromatic carbocycles. The normalized spacial score (nSPS) is 15.3. The first-order valence-corrected chi connectivity index (χ1v) is 10.6. The van der Waals surface area contributed by atoms with Crippen molar-refractivity contribution >= 4 is 34.9 Å². The highest BCUT2D eigenvalue weighted by molar-refractivity contribution is 7.03. The molecular weight excluding hydrogens is 419 g/mol. The van der Waals surface area contributed by atoms with Crippen molar-refractivity contribution in [1.82, 2.24) is 19.8 Å². The molecular formula is C19H22ClFN4O3S. The van der Waals surface area contributed by atoms with E-state index in [0.29, 0.717) is 0 Å². The van der Waals surface area contributed by atoms with Crippen LogP contribution in [0, 0.1) is 5.82 Å². The minimum Gasteiger partial charge on any atom is -0.383 e. The smallest absolute Gasteiger partial charge is 0.276 e. The van der Waals surface area contributed by atoms with Crippen LogP contribution in [0.15, 0.2) is 23.6 Å². The van der Waals surface area contributed by atoms with Crippen molar-refractivity contribution in [3.05, 3.63) is 45.7 Å². The number of carbonyl (C=O) groups is 2. The molecule has 3 rings (SSSR count). The molecule has 10 heteroatoms. The summed E-state index contributed by atoms with van der Waals surface area (Å²) in [5.74, 6) is -1.67. The third-order valence-corrected chi connectivity index (χ3v) is 5.75. The van der Waals surface area contributed by atoms with Gasteiger partial charge in [0.2, 0.25) is 5.91 Å². The zero-order chi connectivity index (χ0) is 20.8. The lowest BCUT2D eigenvalue weighted by molar-refractivity contribution is -0.126. The largest absolute Gasteiger partial charge is 0.383 e. The molecule has 0 aliphatic heterocycles. The van der Waals surface area contributed by atoms with Crippen molar-refractivity contribution in [2.75, 3.05) is 20.3 Å². The number of carbonyl (C=O) groups excluding carboxylic acids is 2. The Morgan fingerprint density at radius 3 is 2.79 bits per heavy atom. The number of rotatable bonds is 8. The second-order valence-corrected chi connectivity index (χ2v) is 7.83. The Labute approximate surface area is 177 Å². The molecule has 1 aliphatic carbocycles. The van der Waals surface area contributed by atoms with Gasteiger partial charge in [-0.2, -0.15) is 0 Å². The first-order chi connectivity index (χ1) is 14.0. The lowest BCUT2D eigenvalue weighted by atomic mass is 10.0. The van der Waals surface area contributed by atoms with E-state index in [1.165, 1.54) is 35.6 Å². The van der Waals surface area contributed by atoms with E-state index < -0.39 is 23.7 Å². The van der Waals surface area contributed by atoms with Crippen molar-refractivity contribution in [2.45, 2.75) is 37.8 Å². The van der Waals surface area contributed by atoms with E-state index in [9.17, 15) is 14.0 Å². The quantitative estimate of drug-likeness (QED) is 0.681. The van der Waals surface area contributed by atoms with Crippen LogP contribution in [0.4, 0.5) is 4.39 Å². The summed E-state index contributed by atoms with van der Waals surface area (Å²) in [4.78, 5) is 27.6. The van der Waals surface area contributed by atoms with Gasteiger partial charge in [0.05, 0.1) is 6.61 Å². The number of aromatic nitrogens is 2. The van der Waals surface area contributed by atoms with Crippen molar-refractivity contribution in [3.8, 4) is 0 Å².